The van der Waals surface area contributed by atoms with Crippen LogP contribution < -0.4 is 10.1 Å². The monoisotopic (exact) mass is 428 g/mol. The van der Waals surface area contributed by atoms with Gasteiger partial charge >= 0.3 is 0 Å². The van der Waals surface area contributed by atoms with Gasteiger partial charge < -0.3 is 10.1 Å². The number of nitrogens with one attached hydrogen (secondary N) is 1. The van der Waals surface area contributed by atoms with Crippen molar-refractivity contribution in [2.45, 2.75) is 49.5 Å². The van der Waals surface area contributed by atoms with E-state index in [1.807, 2.05) is 24.3 Å². The largest absolute Gasteiger partial charge is 0.488 e. The summed E-state index contributed by atoms with van der Waals surface area (Å²) < 4.78 is 33.1. The fourth-order valence-electron chi connectivity index (χ4n) is 4.19. The van der Waals surface area contributed by atoms with E-state index in [2.05, 4.69) is 5.32 Å². The molecule has 0 aromatic heterocycles. The van der Waals surface area contributed by atoms with Crippen molar-refractivity contribution in [1.82, 2.24) is 4.31 Å². The fraction of sp³-hybridized carbons (Fsp3) is 0.435. The first kappa shape index (κ1) is 20.9. The van der Waals surface area contributed by atoms with Crippen molar-refractivity contribution in [3.63, 3.8) is 0 Å². The molecule has 1 saturated heterocycles. The molecule has 1 saturated carbocycles. The molecule has 2 aliphatic rings. The third-order valence-corrected chi connectivity index (χ3v) is 7.86. The van der Waals surface area contributed by atoms with Crippen LogP contribution in [0, 0.1) is 5.92 Å². The van der Waals surface area contributed by atoms with Gasteiger partial charge in [-0.3, -0.25) is 4.79 Å². The van der Waals surface area contributed by atoms with Crippen LogP contribution in [0.2, 0.25) is 0 Å². The van der Waals surface area contributed by atoms with Crippen LogP contribution in [0.4, 0.5) is 5.69 Å². The molecule has 4 rings (SSSR count). The Labute approximate surface area is 178 Å². The Kier molecular flexibility index (Phi) is 6.39. The van der Waals surface area contributed by atoms with Gasteiger partial charge in [-0.1, -0.05) is 30.3 Å². The van der Waals surface area contributed by atoms with Crippen molar-refractivity contribution in [3.05, 3.63) is 54.6 Å². The summed E-state index contributed by atoms with van der Waals surface area (Å²) in [6.45, 7) is 0.686. The highest BCUT2D eigenvalue weighted by Gasteiger charge is 2.32. The Morgan fingerprint density at radius 3 is 2.23 bits per heavy atom. The number of amides is 1. The van der Waals surface area contributed by atoms with Crippen LogP contribution in [0.15, 0.2) is 59.5 Å². The molecule has 6 nitrogen and oxygen atoms in total. The van der Waals surface area contributed by atoms with Gasteiger partial charge in [0.15, 0.2) is 0 Å². The molecule has 1 N–H and O–H groups in total. The second-order valence-electron chi connectivity index (χ2n) is 8.00. The van der Waals surface area contributed by atoms with E-state index in [0.29, 0.717) is 42.3 Å². The molecule has 2 fully saturated rings. The number of carbonyl (C=O) groups excluding carboxylic acids is 1. The SMILES string of the molecule is O=C(Nc1ccccc1OC1CCCC1)C1CCN(S(=O)(=O)c2ccccc2)CC1. The van der Waals surface area contributed by atoms with Gasteiger partial charge in [0.1, 0.15) is 5.75 Å². The first-order chi connectivity index (χ1) is 14.5. The predicted molar refractivity (Wildman–Crippen MR) is 116 cm³/mol. The number of benzene rings is 2. The Bertz CT molecular complexity index is 964. The maximum absolute atomic E-state index is 12.8. The van der Waals surface area contributed by atoms with E-state index < -0.39 is 10.0 Å². The second-order valence-corrected chi connectivity index (χ2v) is 9.94. The second kappa shape index (κ2) is 9.18. The molecule has 1 aliphatic carbocycles. The molecule has 2 aromatic rings. The summed E-state index contributed by atoms with van der Waals surface area (Å²) >= 11 is 0. The highest BCUT2D eigenvalue weighted by Crippen LogP contribution is 2.31. The van der Waals surface area contributed by atoms with Crippen molar-refractivity contribution in [1.29, 1.82) is 0 Å². The van der Waals surface area contributed by atoms with E-state index >= 15 is 0 Å². The predicted octanol–water partition coefficient (Wildman–Crippen LogP) is 4.05. The fourth-order valence-corrected chi connectivity index (χ4v) is 5.68. The number of rotatable bonds is 6. The lowest BCUT2D eigenvalue weighted by molar-refractivity contribution is -0.120. The van der Waals surface area contributed by atoms with Crippen molar-refractivity contribution < 1.29 is 17.9 Å². The minimum Gasteiger partial charge on any atom is -0.488 e. The summed E-state index contributed by atoms with van der Waals surface area (Å²) in [5.41, 5.74) is 0.689. The Morgan fingerprint density at radius 1 is 0.900 bits per heavy atom. The molecule has 1 aliphatic heterocycles. The average molecular weight is 429 g/mol. The number of piperidine rings is 1. The maximum Gasteiger partial charge on any atom is 0.243 e. The molecule has 1 amide bonds. The minimum absolute atomic E-state index is 0.0748. The number of hydrogen-bond donors (Lipinski definition) is 1. The molecule has 30 heavy (non-hydrogen) atoms. The molecule has 2 aromatic carbocycles. The molecular formula is C23H28N2O4S. The molecule has 0 spiro atoms. The van der Waals surface area contributed by atoms with Crippen LogP contribution in [-0.2, 0) is 14.8 Å². The summed E-state index contributed by atoms with van der Waals surface area (Å²) in [6, 6.07) is 16.0. The van der Waals surface area contributed by atoms with Crippen LogP contribution in [-0.4, -0.2) is 37.8 Å². The van der Waals surface area contributed by atoms with Crippen LogP contribution in [0.1, 0.15) is 38.5 Å². The molecular weight excluding hydrogens is 400 g/mol. The van der Waals surface area contributed by atoms with Gasteiger partial charge in [0, 0.05) is 19.0 Å². The van der Waals surface area contributed by atoms with Crippen molar-refractivity contribution in [2.75, 3.05) is 18.4 Å². The average Bonchev–Trinajstić information content (AvgIpc) is 3.29. The molecule has 160 valence electrons. The third-order valence-electron chi connectivity index (χ3n) is 5.95. The number of nitrogens with zero attached hydrogens (tertiary/aromatic N) is 1. The standard InChI is InChI=1S/C23H28N2O4S/c26-23(24-21-12-6-7-13-22(21)29-19-8-4-5-9-19)18-14-16-25(17-15-18)30(27,28)20-10-2-1-3-11-20/h1-3,6-7,10-13,18-19H,4-5,8-9,14-17H2,(H,24,26). The molecule has 0 bridgehead atoms. The highest BCUT2D eigenvalue weighted by atomic mass is 32.2. The number of anilines is 1. The summed E-state index contributed by atoms with van der Waals surface area (Å²) in [6.07, 6.45) is 5.70. The Balaban J connectivity index is 1.36. The highest BCUT2D eigenvalue weighted by molar-refractivity contribution is 7.89. The normalized spacial score (nSPS) is 18.9. The Hall–Kier alpha value is -2.38. The van der Waals surface area contributed by atoms with Crippen LogP contribution >= 0.6 is 0 Å². The zero-order chi connectivity index (χ0) is 21.0. The molecule has 0 radical (unpaired) electrons. The van der Waals surface area contributed by atoms with Crippen molar-refractivity contribution in [3.8, 4) is 5.75 Å². The van der Waals surface area contributed by atoms with Crippen LogP contribution in [0.5, 0.6) is 5.75 Å². The van der Waals surface area contributed by atoms with E-state index in [1.165, 1.54) is 17.1 Å². The molecule has 0 atom stereocenters. The zero-order valence-corrected chi connectivity index (χ0v) is 17.8. The lowest BCUT2D eigenvalue weighted by Crippen LogP contribution is -2.41. The van der Waals surface area contributed by atoms with Gasteiger partial charge in [-0.15, -0.1) is 0 Å². The lowest BCUT2D eigenvalue weighted by Gasteiger charge is -2.30. The number of carbonyl (C=O) groups is 1. The van der Waals surface area contributed by atoms with Gasteiger partial charge in [0.2, 0.25) is 15.9 Å². The molecule has 7 heteroatoms. The van der Waals surface area contributed by atoms with Crippen molar-refractivity contribution in [2.24, 2.45) is 5.92 Å². The maximum atomic E-state index is 12.8. The van der Waals surface area contributed by atoms with Crippen LogP contribution in [0.25, 0.3) is 0 Å². The molecule has 1 heterocycles. The van der Waals surface area contributed by atoms with E-state index in [4.69, 9.17) is 4.74 Å². The van der Waals surface area contributed by atoms with E-state index in [0.717, 1.165) is 12.8 Å². The summed E-state index contributed by atoms with van der Waals surface area (Å²) in [5.74, 6) is 0.419. The first-order valence-corrected chi connectivity index (χ1v) is 12.1. The number of hydrogen-bond acceptors (Lipinski definition) is 4. The number of para-hydroxylation sites is 2. The summed E-state index contributed by atoms with van der Waals surface area (Å²) in [7, 11) is -3.51. The first-order valence-electron chi connectivity index (χ1n) is 10.7. The summed E-state index contributed by atoms with van der Waals surface area (Å²) in [5, 5.41) is 3.01. The zero-order valence-electron chi connectivity index (χ0n) is 17.0. The van der Waals surface area contributed by atoms with Crippen LogP contribution in [0.3, 0.4) is 0 Å². The topological polar surface area (TPSA) is 75.7 Å². The van der Waals surface area contributed by atoms with Gasteiger partial charge in [-0.2, -0.15) is 4.31 Å². The van der Waals surface area contributed by atoms with E-state index in [9.17, 15) is 13.2 Å². The van der Waals surface area contributed by atoms with E-state index in [1.54, 1.807) is 30.3 Å². The third kappa shape index (κ3) is 4.68. The van der Waals surface area contributed by atoms with Gasteiger partial charge in [-0.25, -0.2) is 8.42 Å². The van der Waals surface area contributed by atoms with Gasteiger partial charge in [-0.05, 0) is 62.8 Å². The van der Waals surface area contributed by atoms with Gasteiger partial charge in [0.25, 0.3) is 0 Å². The lowest BCUT2D eigenvalue weighted by atomic mass is 9.97. The van der Waals surface area contributed by atoms with E-state index in [-0.39, 0.29) is 17.9 Å². The summed E-state index contributed by atoms with van der Waals surface area (Å²) in [4.78, 5) is 13.1. The van der Waals surface area contributed by atoms with Crippen molar-refractivity contribution >= 4 is 21.6 Å². The minimum atomic E-state index is -3.51. The quantitative estimate of drug-likeness (QED) is 0.753. The number of ether oxygens (including phenoxy) is 1. The van der Waals surface area contributed by atoms with Gasteiger partial charge in [0.05, 0.1) is 16.7 Å². The Morgan fingerprint density at radius 2 is 1.53 bits per heavy atom. The molecule has 0 unspecified atom stereocenters. The number of sulfonamides is 1. The smallest absolute Gasteiger partial charge is 0.243 e.